The van der Waals surface area contributed by atoms with E-state index in [1.807, 2.05) is 0 Å². The van der Waals surface area contributed by atoms with Crippen LogP contribution in [0.25, 0.3) is 11.3 Å². The fourth-order valence-corrected chi connectivity index (χ4v) is 2.80. The van der Waals surface area contributed by atoms with E-state index < -0.39 is 11.7 Å². The van der Waals surface area contributed by atoms with Gasteiger partial charge in [-0.3, -0.25) is 5.43 Å². The summed E-state index contributed by atoms with van der Waals surface area (Å²) in [4.78, 5) is 4.26. The van der Waals surface area contributed by atoms with Crippen LogP contribution in [0.15, 0.2) is 52.0 Å². The molecular formula is C21H17F3N4O2. The van der Waals surface area contributed by atoms with Gasteiger partial charge in [-0.2, -0.15) is 23.5 Å². The number of benzene rings is 1. The number of hydrogen-bond donors (Lipinski definition) is 1. The number of ether oxygens (including phenoxy) is 1. The predicted molar refractivity (Wildman–Crippen MR) is 105 cm³/mol. The van der Waals surface area contributed by atoms with Crippen LogP contribution in [-0.2, 0) is 17.5 Å². The van der Waals surface area contributed by atoms with Crippen LogP contribution in [0.1, 0.15) is 28.1 Å². The Morgan fingerprint density at radius 2 is 2.07 bits per heavy atom. The number of nitrogens with one attached hydrogen (secondary N) is 1. The summed E-state index contributed by atoms with van der Waals surface area (Å²) in [5.74, 6) is 0.861. The van der Waals surface area contributed by atoms with Crippen LogP contribution in [0.5, 0.6) is 0 Å². The van der Waals surface area contributed by atoms with Crippen molar-refractivity contribution in [2.24, 2.45) is 5.10 Å². The highest BCUT2D eigenvalue weighted by Crippen LogP contribution is 2.32. The maximum atomic E-state index is 12.9. The highest BCUT2D eigenvalue weighted by molar-refractivity contribution is 5.78. The average molecular weight is 414 g/mol. The molecule has 0 saturated carbocycles. The van der Waals surface area contributed by atoms with E-state index in [9.17, 15) is 18.4 Å². The minimum absolute atomic E-state index is 0.253. The summed E-state index contributed by atoms with van der Waals surface area (Å²) in [6.07, 6.45) is -3.09. The van der Waals surface area contributed by atoms with Crippen LogP contribution in [0.4, 0.5) is 19.0 Å². The van der Waals surface area contributed by atoms with Gasteiger partial charge >= 0.3 is 6.18 Å². The van der Waals surface area contributed by atoms with E-state index in [4.69, 9.17) is 9.15 Å². The molecule has 0 saturated heterocycles. The molecule has 3 rings (SSSR count). The third kappa shape index (κ3) is 4.85. The standard InChI is InChI=1S/C21H17F3N4O2/c1-13-8-15(12-29-2)18(10-25)20(27-13)28-26-11-17-6-7-19(30-17)14-4-3-5-16(9-14)21(22,23)24/h3-9,11H,12H2,1-2H3,(H,27,28)/b26-11-. The van der Waals surface area contributed by atoms with Gasteiger partial charge in [-0.15, -0.1) is 0 Å². The number of hydrazone groups is 1. The molecule has 1 N–H and O–H groups in total. The highest BCUT2D eigenvalue weighted by atomic mass is 19.4. The fraction of sp³-hybridized carbons (Fsp3) is 0.190. The van der Waals surface area contributed by atoms with Crippen molar-refractivity contribution in [3.63, 3.8) is 0 Å². The van der Waals surface area contributed by atoms with E-state index in [-0.39, 0.29) is 18.2 Å². The second-order valence-electron chi connectivity index (χ2n) is 6.34. The van der Waals surface area contributed by atoms with E-state index in [0.717, 1.165) is 12.1 Å². The Morgan fingerprint density at radius 3 is 2.77 bits per heavy atom. The molecule has 0 spiro atoms. The first-order valence-corrected chi connectivity index (χ1v) is 8.78. The lowest BCUT2D eigenvalue weighted by molar-refractivity contribution is -0.137. The largest absolute Gasteiger partial charge is 0.455 e. The summed E-state index contributed by atoms with van der Waals surface area (Å²) < 4.78 is 49.3. The molecule has 2 heterocycles. The van der Waals surface area contributed by atoms with Crippen LogP contribution >= 0.6 is 0 Å². The summed E-state index contributed by atoms with van der Waals surface area (Å²) in [6.45, 7) is 2.03. The summed E-state index contributed by atoms with van der Waals surface area (Å²) in [7, 11) is 1.53. The van der Waals surface area contributed by atoms with Crippen molar-refractivity contribution >= 4 is 12.0 Å². The number of nitrogens with zero attached hydrogens (tertiary/aromatic N) is 3. The van der Waals surface area contributed by atoms with E-state index >= 15 is 0 Å². The molecule has 30 heavy (non-hydrogen) atoms. The maximum Gasteiger partial charge on any atom is 0.416 e. The number of furan rings is 1. The molecule has 0 aliphatic heterocycles. The van der Waals surface area contributed by atoms with E-state index in [1.54, 1.807) is 25.1 Å². The SMILES string of the molecule is COCc1cc(C)nc(N/N=C\c2ccc(-c3cccc(C(F)(F)F)c3)o2)c1C#N. The summed E-state index contributed by atoms with van der Waals surface area (Å²) in [6, 6.07) is 11.8. The molecule has 9 heteroatoms. The molecule has 0 radical (unpaired) electrons. The minimum Gasteiger partial charge on any atom is -0.455 e. The van der Waals surface area contributed by atoms with Gasteiger partial charge in [0.25, 0.3) is 0 Å². The van der Waals surface area contributed by atoms with Gasteiger partial charge in [0.1, 0.15) is 23.2 Å². The third-order valence-corrected chi connectivity index (χ3v) is 4.10. The Morgan fingerprint density at radius 1 is 1.27 bits per heavy atom. The molecule has 0 fully saturated rings. The first kappa shape index (κ1) is 21.1. The summed E-state index contributed by atoms with van der Waals surface area (Å²) in [5, 5.41) is 13.4. The number of alkyl halides is 3. The predicted octanol–water partition coefficient (Wildman–Crippen LogP) is 5.13. The molecule has 154 valence electrons. The van der Waals surface area contributed by atoms with Gasteiger partial charge in [-0.25, -0.2) is 4.98 Å². The van der Waals surface area contributed by atoms with Crippen molar-refractivity contribution in [3.8, 4) is 17.4 Å². The highest BCUT2D eigenvalue weighted by Gasteiger charge is 2.30. The average Bonchev–Trinajstić information content (AvgIpc) is 3.16. The lowest BCUT2D eigenvalue weighted by Gasteiger charge is -2.09. The van der Waals surface area contributed by atoms with Crippen LogP contribution in [0.2, 0.25) is 0 Å². The number of rotatable bonds is 6. The molecule has 0 unspecified atom stereocenters. The zero-order chi connectivity index (χ0) is 21.7. The fourth-order valence-electron chi connectivity index (χ4n) is 2.80. The maximum absolute atomic E-state index is 12.9. The molecule has 3 aromatic rings. The number of halogens is 3. The molecule has 6 nitrogen and oxygen atoms in total. The van der Waals surface area contributed by atoms with Gasteiger partial charge in [0, 0.05) is 23.9 Å². The Balaban J connectivity index is 1.79. The van der Waals surface area contributed by atoms with E-state index in [0.29, 0.717) is 28.1 Å². The number of nitriles is 1. The Labute approximate surface area is 170 Å². The topological polar surface area (TPSA) is 83.4 Å². The summed E-state index contributed by atoms with van der Waals surface area (Å²) in [5.41, 5.74) is 3.92. The van der Waals surface area contributed by atoms with Crippen LogP contribution in [0.3, 0.4) is 0 Å². The minimum atomic E-state index is -4.43. The normalized spacial score (nSPS) is 11.6. The lowest BCUT2D eigenvalue weighted by Crippen LogP contribution is -2.04. The van der Waals surface area contributed by atoms with Crippen molar-refractivity contribution in [1.29, 1.82) is 5.26 Å². The summed E-state index contributed by atoms with van der Waals surface area (Å²) >= 11 is 0. The molecule has 0 atom stereocenters. The van der Waals surface area contributed by atoms with Crippen molar-refractivity contribution in [2.75, 3.05) is 12.5 Å². The Kier molecular flexibility index (Phi) is 6.18. The second-order valence-corrected chi connectivity index (χ2v) is 6.34. The zero-order valence-corrected chi connectivity index (χ0v) is 16.1. The molecule has 0 bridgehead atoms. The van der Waals surface area contributed by atoms with E-state index in [2.05, 4.69) is 21.6 Å². The van der Waals surface area contributed by atoms with Crippen molar-refractivity contribution in [2.45, 2.75) is 19.7 Å². The number of aryl methyl sites for hydroxylation is 1. The molecular weight excluding hydrogens is 397 g/mol. The van der Waals surface area contributed by atoms with Gasteiger partial charge < -0.3 is 9.15 Å². The Bertz CT molecular complexity index is 1110. The first-order valence-electron chi connectivity index (χ1n) is 8.78. The van der Waals surface area contributed by atoms with Crippen LogP contribution in [0, 0.1) is 18.3 Å². The first-order chi connectivity index (χ1) is 14.3. The quantitative estimate of drug-likeness (QED) is 0.446. The number of methoxy groups -OCH3 is 1. The number of hydrogen-bond acceptors (Lipinski definition) is 6. The number of pyridine rings is 1. The molecule has 2 aromatic heterocycles. The third-order valence-electron chi connectivity index (χ3n) is 4.10. The van der Waals surface area contributed by atoms with Crippen molar-refractivity contribution in [3.05, 3.63) is 70.6 Å². The Hall–Kier alpha value is -3.64. The van der Waals surface area contributed by atoms with Gasteiger partial charge in [0.2, 0.25) is 0 Å². The van der Waals surface area contributed by atoms with Gasteiger partial charge in [-0.1, -0.05) is 12.1 Å². The number of anilines is 1. The molecule has 0 aliphatic rings. The van der Waals surface area contributed by atoms with Crippen LogP contribution < -0.4 is 5.43 Å². The zero-order valence-electron chi connectivity index (χ0n) is 16.1. The van der Waals surface area contributed by atoms with Gasteiger partial charge in [0.05, 0.1) is 18.4 Å². The smallest absolute Gasteiger partial charge is 0.416 e. The van der Waals surface area contributed by atoms with E-state index in [1.165, 1.54) is 25.5 Å². The lowest BCUT2D eigenvalue weighted by atomic mass is 10.1. The molecule has 1 aromatic carbocycles. The second kappa shape index (κ2) is 8.80. The monoisotopic (exact) mass is 414 g/mol. The molecule has 0 aliphatic carbocycles. The van der Waals surface area contributed by atoms with Gasteiger partial charge in [-0.05, 0) is 37.3 Å². The van der Waals surface area contributed by atoms with Crippen molar-refractivity contribution in [1.82, 2.24) is 4.98 Å². The van der Waals surface area contributed by atoms with Gasteiger partial charge in [0.15, 0.2) is 5.82 Å². The number of aromatic nitrogens is 1. The van der Waals surface area contributed by atoms with Crippen molar-refractivity contribution < 1.29 is 22.3 Å². The van der Waals surface area contributed by atoms with Crippen LogP contribution in [-0.4, -0.2) is 18.3 Å². The molecule has 0 amide bonds.